The van der Waals surface area contributed by atoms with Gasteiger partial charge in [-0.25, -0.2) is 13.2 Å². The van der Waals surface area contributed by atoms with Crippen LogP contribution in [0.5, 0.6) is 11.5 Å². The van der Waals surface area contributed by atoms with Gasteiger partial charge in [-0.3, -0.25) is 4.79 Å². The van der Waals surface area contributed by atoms with E-state index in [1.54, 1.807) is 26.0 Å². The Morgan fingerprint density at radius 2 is 1.65 bits per heavy atom. The first-order chi connectivity index (χ1) is 14.8. The number of hydrogen-bond acceptors (Lipinski definition) is 7. The normalized spacial score (nSPS) is 13.2. The summed E-state index contributed by atoms with van der Waals surface area (Å²) in [6.07, 6.45) is 0. The summed E-state index contributed by atoms with van der Waals surface area (Å²) in [5, 5.41) is -0.00388. The van der Waals surface area contributed by atoms with Gasteiger partial charge in [-0.05, 0) is 36.4 Å². The number of halogens is 1. The van der Waals surface area contributed by atoms with E-state index in [4.69, 9.17) is 25.8 Å². The molecule has 0 saturated carbocycles. The van der Waals surface area contributed by atoms with Crippen LogP contribution in [-0.2, 0) is 14.8 Å². The Morgan fingerprint density at radius 3 is 2.32 bits per heavy atom. The van der Waals surface area contributed by atoms with E-state index in [0.29, 0.717) is 30.3 Å². The Morgan fingerprint density at radius 1 is 1.00 bits per heavy atom. The molecule has 0 unspecified atom stereocenters. The fourth-order valence-electron chi connectivity index (χ4n) is 3.05. The highest BCUT2D eigenvalue weighted by Crippen LogP contribution is 2.31. The number of esters is 1. The number of Topliss-reactive ketones (excluding diaryl/α,β-unsaturated/α-hetero) is 1. The summed E-state index contributed by atoms with van der Waals surface area (Å²) in [4.78, 5) is 24.7. The zero-order valence-electron chi connectivity index (χ0n) is 17.1. The number of fused-ring (bicyclic) bond motifs is 1. The van der Waals surface area contributed by atoms with Crippen molar-refractivity contribution in [2.45, 2.75) is 18.7 Å². The average Bonchev–Trinajstić information content (AvgIpc) is 2.77. The highest BCUT2D eigenvalue weighted by molar-refractivity contribution is 7.89. The SMILES string of the molecule is CCN(CC)S(=O)(=O)c1cc(C(=O)OCC(=O)c2ccc3c(c2)OCCO3)ccc1Cl. The molecule has 1 heterocycles. The van der Waals surface area contributed by atoms with E-state index < -0.39 is 28.4 Å². The van der Waals surface area contributed by atoms with Crippen molar-refractivity contribution in [3.63, 3.8) is 0 Å². The number of rotatable bonds is 8. The quantitative estimate of drug-likeness (QED) is 0.434. The van der Waals surface area contributed by atoms with E-state index in [-0.39, 0.29) is 28.6 Å². The molecule has 0 aliphatic carbocycles. The van der Waals surface area contributed by atoms with Crippen LogP contribution >= 0.6 is 11.6 Å². The molecule has 0 aromatic heterocycles. The monoisotopic (exact) mass is 467 g/mol. The molecule has 2 aromatic carbocycles. The third kappa shape index (κ3) is 5.00. The van der Waals surface area contributed by atoms with Crippen molar-refractivity contribution in [3.8, 4) is 11.5 Å². The zero-order valence-corrected chi connectivity index (χ0v) is 18.7. The van der Waals surface area contributed by atoms with Crippen molar-refractivity contribution in [1.82, 2.24) is 4.31 Å². The van der Waals surface area contributed by atoms with Gasteiger partial charge in [-0.2, -0.15) is 4.31 Å². The lowest BCUT2D eigenvalue weighted by Gasteiger charge is -2.19. The number of ether oxygens (including phenoxy) is 3. The Balaban J connectivity index is 1.73. The number of sulfonamides is 1. The van der Waals surface area contributed by atoms with Gasteiger partial charge in [0.2, 0.25) is 10.0 Å². The van der Waals surface area contributed by atoms with Gasteiger partial charge >= 0.3 is 5.97 Å². The van der Waals surface area contributed by atoms with Crippen molar-refractivity contribution in [3.05, 3.63) is 52.5 Å². The molecule has 0 atom stereocenters. The van der Waals surface area contributed by atoms with Crippen LogP contribution in [0.25, 0.3) is 0 Å². The molecule has 10 heteroatoms. The second-order valence-corrected chi connectivity index (χ2v) is 8.91. The van der Waals surface area contributed by atoms with E-state index in [1.165, 1.54) is 22.5 Å². The lowest BCUT2D eigenvalue weighted by atomic mass is 10.1. The number of benzene rings is 2. The van der Waals surface area contributed by atoms with Crippen LogP contribution in [0, 0.1) is 0 Å². The standard InChI is InChI=1S/C21H22ClNO7S/c1-3-23(4-2)31(26,27)20-12-15(5-7-16(20)22)21(25)30-13-17(24)14-6-8-18-19(11-14)29-10-9-28-18/h5-8,11-12H,3-4,9-10,13H2,1-2H3. The number of nitrogens with zero attached hydrogens (tertiary/aromatic N) is 1. The van der Waals surface area contributed by atoms with Crippen LogP contribution in [-0.4, -0.2) is 57.4 Å². The smallest absolute Gasteiger partial charge is 0.338 e. The maximum absolute atomic E-state index is 12.8. The van der Waals surface area contributed by atoms with Crippen molar-refractivity contribution >= 4 is 33.4 Å². The number of hydrogen-bond donors (Lipinski definition) is 0. The Labute approximate surface area is 185 Å². The minimum absolute atomic E-state index is 0.00388. The van der Waals surface area contributed by atoms with Gasteiger partial charge in [0.05, 0.1) is 10.6 Å². The summed E-state index contributed by atoms with van der Waals surface area (Å²) in [6, 6.07) is 8.53. The molecule has 0 fully saturated rings. The fraction of sp³-hybridized carbons (Fsp3) is 0.333. The van der Waals surface area contributed by atoms with Gasteiger partial charge in [-0.15, -0.1) is 0 Å². The third-order valence-electron chi connectivity index (χ3n) is 4.69. The lowest BCUT2D eigenvalue weighted by Crippen LogP contribution is -2.31. The van der Waals surface area contributed by atoms with Crippen LogP contribution in [0.15, 0.2) is 41.3 Å². The number of carbonyl (C=O) groups is 2. The first-order valence-electron chi connectivity index (χ1n) is 9.67. The largest absolute Gasteiger partial charge is 0.486 e. The highest BCUT2D eigenvalue weighted by Gasteiger charge is 2.26. The van der Waals surface area contributed by atoms with Crippen LogP contribution in [0.3, 0.4) is 0 Å². The molecule has 1 aliphatic heterocycles. The lowest BCUT2D eigenvalue weighted by molar-refractivity contribution is 0.0474. The van der Waals surface area contributed by atoms with E-state index in [2.05, 4.69) is 0 Å². The molecule has 166 valence electrons. The molecule has 0 radical (unpaired) electrons. The molecule has 2 aromatic rings. The van der Waals surface area contributed by atoms with Gasteiger partial charge < -0.3 is 14.2 Å². The zero-order chi connectivity index (χ0) is 22.6. The molecular formula is C21H22ClNO7S. The summed E-state index contributed by atoms with van der Waals surface area (Å²) in [5.74, 6) is -0.274. The Kier molecular flexibility index (Phi) is 7.19. The predicted octanol–water partition coefficient (Wildman–Crippen LogP) is 3.18. The van der Waals surface area contributed by atoms with Crippen molar-refractivity contribution < 1.29 is 32.2 Å². The van der Waals surface area contributed by atoms with Gasteiger partial charge in [0.1, 0.15) is 18.1 Å². The van der Waals surface area contributed by atoms with Gasteiger partial charge in [-0.1, -0.05) is 25.4 Å². The molecule has 0 bridgehead atoms. The minimum atomic E-state index is -3.87. The number of carbonyl (C=O) groups excluding carboxylic acids is 2. The van der Waals surface area contributed by atoms with Crippen molar-refractivity contribution in [2.75, 3.05) is 32.9 Å². The van der Waals surface area contributed by atoms with Crippen LogP contribution in [0.2, 0.25) is 5.02 Å². The van der Waals surface area contributed by atoms with E-state index in [1.807, 2.05) is 0 Å². The fourth-order valence-corrected chi connectivity index (χ4v) is 5.00. The average molecular weight is 468 g/mol. The minimum Gasteiger partial charge on any atom is -0.486 e. The first kappa shape index (κ1) is 23.1. The molecule has 0 amide bonds. The van der Waals surface area contributed by atoms with Gasteiger partial charge in [0.25, 0.3) is 0 Å². The molecule has 0 N–H and O–H groups in total. The maximum Gasteiger partial charge on any atom is 0.338 e. The summed E-state index contributed by atoms with van der Waals surface area (Å²) < 4.78 is 42.7. The molecule has 3 rings (SSSR count). The number of ketones is 1. The Bertz CT molecular complexity index is 1100. The predicted molar refractivity (Wildman–Crippen MR) is 114 cm³/mol. The van der Waals surface area contributed by atoms with Crippen LogP contribution in [0.4, 0.5) is 0 Å². The molecular weight excluding hydrogens is 446 g/mol. The molecule has 31 heavy (non-hydrogen) atoms. The van der Waals surface area contributed by atoms with E-state index in [9.17, 15) is 18.0 Å². The molecule has 0 spiro atoms. The van der Waals surface area contributed by atoms with Crippen LogP contribution in [0.1, 0.15) is 34.6 Å². The maximum atomic E-state index is 12.8. The third-order valence-corrected chi connectivity index (χ3v) is 7.22. The first-order valence-corrected chi connectivity index (χ1v) is 11.5. The van der Waals surface area contributed by atoms with Crippen molar-refractivity contribution in [2.24, 2.45) is 0 Å². The summed E-state index contributed by atoms with van der Waals surface area (Å²) in [5.41, 5.74) is 0.281. The molecule has 8 nitrogen and oxygen atoms in total. The van der Waals surface area contributed by atoms with Crippen molar-refractivity contribution in [1.29, 1.82) is 0 Å². The van der Waals surface area contributed by atoms with Crippen LogP contribution < -0.4 is 9.47 Å². The second-order valence-electron chi connectivity index (χ2n) is 6.59. The summed E-state index contributed by atoms with van der Waals surface area (Å²) in [6.45, 7) is 4.23. The topological polar surface area (TPSA) is 99.2 Å². The summed E-state index contributed by atoms with van der Waals surface area (Å²) >= 11 is 6.07. The highest BCUT2D eigenvalue weighted by atomic mass is 35.5. The van der Waals surface area contributed by atoms with Gasteiger partial charge in [0.15, 0.2) is 23.9 Å². The summed E-state index contributed by atoms with van der Waals surface area (Å²) in [7, 11) is -3.87. The molecule has 1 aliphatic rings. The Hall–Kier alpha value is -2.62. The van der Waals surface area contributed by atoms with Gasteiger partial charge in [0, 0.05) is 18.7 Å². The second kappa shape index (κ2) is 9.67. The molecule has 0 saturated heterocycles. The van der Waals surface area contributed by atoms with E-state index in [0.717, 1.165) is 6.07 Å². The van der Waals surface area contributed by atoms with E-state index >= 15 is 0 Å².